The first-order chi connectivity index (χ1) is 8.79. The Labute approximate surface area is 106 Å². The Kier molecular flexibility index (Phi) is 4.02. The van der Waals surface area contributed by atoms with Crippen molar-refractivity contribution in [2.24, 2.45) is 0 Å². The zero-order valence-corrected chi connectivity index (χ0v) is 10.2. The van der Waals surface area contributed by atoms with Crippen molar-refractivity contribution in [3.05, 3.63) is 53.7 Å². The van der Waals surface area contributed by atoms with Gasteiger partial charge in [-0.15, -0.1) is 5.10 Å². The van der Waals surface area contributed by atoms with Crippen molar-refractivity contribution in [3.63, 3.8) is 0 Å². The second-order valence-corrected chi connectivity index (χ2v) is 3.86. The smallest absolute Gasteiger partial charge is 0.233 e. The summed E-state index contributed by atoms with van der Waals surface area (Å²) in [7, 11) is 1.54. The number of benzene rings is 1. The van der Waals surface area contributed by atoms with Crippen LogP contribution in [0.1, 0.15) is 22.5 Å². The highest BCUT2D eigenvalue weighted by Crippen LogP contribution is 2.08. The molecule has 0 aliphatic rings. The SMILES string of the molecule is COc1ccc(CCC(=O)c2ccccc2)nn1. The lowest BCUT2D eigenvalue weighted by Crippen LogP contribution is -2.03. The van der Waals surface area contributed by atoms with E-state index in [4.69, 9.17) is 4.74 Å². The molecule has 0 fully saturated rings. The van der Waals surface area contributed by atoms with Crippen LogP contribution in [0.15, 0.2) is 42.5 Å². The third-order valence-electron chi connectivity index (χ3n) is 2.61. The van der Waals surface area contributed by atoms with E-state index in [1.54, 1.807) is 13.2 Å². The molecule has 0 N–H and O–H groups in total. The van der Waals surface area contributed by atoms with Crippen LogP contribution in [-0.4, -0.2) is 23.1 Å². The van der Waals surface area contributed by atoms with E-state index in [2.05, 4.69) is 10.2 Å². The second kappa shape index (κ2) is 5.91. The maximum absolute atomic E-state index is 11.9. The van der Waals surface area contributed by atoms with Crippen molar-refractivity contribution in [2.75, 3.05) is 7.11 Å². The monoisotopic (exact) mass is 242 g/mol. The van der Waals surface area contributed by atoms with Crippen LogP contribution >= 0.6 is 0 Å². The number of carbonyl (C=O) groups excluding carboxylic acids is 1. The van der Waals surface area contributed by atoms with Gasteiger partial charge in [0, 0.05) is 18.1 Å². The van der Waals surface area contributed by atoms with Crippen LogP contribution < -0.4 is 4.74 Å². The first kappa shape index (κ1) is 12.2. The number of hydrogen-bond donors (Lipinski definition) is 0. The maximum Gasteiger partial charge on any atom is 0.233 e. The van der Waals surface area contributed by atoms with E-state index in [1.165, 1.54) is 0 Å². The van der Waals surface area contributed by atoms with Crippen LogP contribution in [-0.2, 0) is 6.42 Å². The van der Waals surface area contributed by atoms with Crippen LogP contribution in [0.25, 0.3) is 0 Å². The van der Waals surface area contributed by atoms with Crippen LogP contribution in [0.2, 0.25) is 0 Å². The number of Topliss-reactive ketones (excluding diaryl/α,β-unsaturated/α-hetero) is 1. The molecule has 1 aromatic heterocycles. The summed E-state index contributed by atoms with van der Waals surface area (Å²) in [5, 5.41) is 7.85. The summed E-state index contributed by atoms with van der Waals surface area (Å²) in [5.41, 5.74) is 1.53. The van der Waals surface area contributed by atoms with Crippen molar-refractivity contribution in [2.45, 2.75) is 12.8 Å². The number of nitrogens with zero attached hydrogens (tertiary/aromatic N) is 2. The topological polar surface area (TPSA) is 52.1 Å². The number of aromatic nitrogens is 2. The Morgan fingerprint density at radius 3 is 2.50 bits per heavy atom. The fourth-order valence-corrected chi connectivity index (χ4v) is 1.60. The first-order valence-electron chi connectivity index (χ1n) is 5.74. The molecule has 0 spiro atoms. The number of ketones is 1. The van der Waals surface area contributed by atoms with Gasteiger partial charge in [-0.2, -0.15) is 5.10 Å². The summed E-state index contributed by atoms with van der Waals surface area (Å²) < 4.78 is 4.92. The molecule has 0 unspecified atom stereocenters. The predicted octanol–water partition coefficient (Wildman–Crippen LogP) is 2.30. The minimum Gasteiger partial charge on any atom is -0.480 e. The van der Waals surface area contributed by atoms with Gasteiger partial charge in [-0.1, -0.05) is 30.3 Å². The molecule has 2 rings (SSSR count). The maximum atomic E-state index is 11.9. The Morgan fingerprint density at radius 2 is 1.89 bits per heavy atom. The summed E-state index contributed by atoms with van der Waals surface area (Å²) in [6, 6.07) is 12.8. The van der Waals surface area contributed by atoms with Gasteiger partial charge in [0.05, 0.1) is 12.8 Å². The summed E-state index contributed by atoms with van der Waals surface area (Å²) in [6.45, 7) is 0. The summed E-state index contributed by atoms with van der Waals surface area (Å²) >= 11 is 0. The van der Waals surface area contributed by atoms with Gasteiger partial charge in [0.1, 0.15) is 0 Å². The minimum absolute atomic E-state index is 0.119. The number of aryl methyl sites for hydroxylation is 1. The zero-order valence-electron chi connectivity index (χ0n) is 10.2. The Hall–Kier alpha value is -2.23. The van der Waals surface area contributed by atoms with Crippen LogP contribution in [0.3, 0.4) is 0 Å². The van der Waals surface area contributed by atoms with Gasteiger partial charge in [0.2, 0.25) is 5.88 Å². The van der Waals surface area contributed by atoms with E-state index in [-0.39, 0.29) is 5.78 Å². The molecule has 0 saturated carbocycles. The molecule has 0 saturated heterocycles. The molecule has 4 heteroatoms. The van der Waals surface area contributed by atoms with Crippen molar-refractivity contribution in [1.29, 1.82) is 0 Å². The highest BCUT2D eigenvalue weighted by molar-refractivity contribution is 5.96. The van der Waals surface area contributed by atoms with Gasteiger partial charge in [-0.3, -0.25) is 4.79 Å². The van der Waals surface area contributed by atoms with Crippen LogP contribution in [0.4, 0.5) is 0 Å². The van der Waals surface area contributed by atoms with E-state index in [0.29, 0.717) is 18.7 Å². The van der Waals surface area contributed by atoms with Gasteiger partial charge in [0.25, 0.3) is 0 Å². The van der Waals surface area contributed by atoms with Crippen molar-refractivity contribution >= 4 is 5.78 Å². The molecule has 0 amide bonds. The first-order valence-corrected chi connectivity index (χ1v) is 5.74. The van der Waals surface area contributed by atoms with E-state index in [1.807, 2.05) is 36.4 Å². The molecule has 0 aliphatic heterocycles. The van der Waals surface area contributed by atoms with E-state index in [9.17, 15) is 4.79 Å². The second-order valence-electron chi connectivity index (χ2n) is 3.86. The van der Waals surface area contributed by atoms with E-state index >= 15 is 0 Å². The normalized spacial score (nSPS) is 10.1. The summed E-state index contributed by atoms with van der Waals surface area (Å²) in [5.74, 6) is 0.598. The lowest BCUT2D eigenvalue weighted by Gasteiger charge is -2.01. The predicted molar refractivity (Wildman–Crippen MR) is 67.7 cm³/mol. The number of ether oxygens (including phenoxy) is 1. The Bertz CT molecular complexity index is 509. The minimum atomic E-state index is 0.119. The molecule has 1 heterocycles. The Balaban J connectivity index is 1.93. The van der Waals surface area contributed by atoms with E-state index < -0.39 is 0 Å². The number of carbonyl (C=O) groups is 1. The average molecular weight is 242 g/mol. The summed E-state index contributed by atoms with van der Waals surface area (Å²) in [6.07, 6.45) is 1.02. The number of rotatable bonds is 5. The quantitative estimate of drug-likeness (QED) is 0.755. The molecule has 92 valence electrons. The number of hydrogen-bond acceptors (Lipinski definition) is 4. The summed E-state index contributed by atoms with van der Waals surface area (Å²) in [4.78, 5) is 11.9. The lowest BCUT2D eigenvalue weighted by molar-refractivity contribution is 0.0982. The van der Waals surface area contributed by atoms with Gasteiger partial charge in [0.15, 0.2) is 5.78 Å². The molecule has 1 aromatic carbocycles. The van der Waals surface area contributed by atoms with Gasteiger partial charge in [-0.05, 0) is 12.5 Å². The highest BCUT2D eigenvalue weighted by atomic mass is 16.5. The fourth-order valence-electron chi connectivity index (χ4n) is 1.60. The van der Waals surface area contributed by atoms with Crippen molar-refractivity contribution < 1.29 is 9.53 Å². The lowest BCUT2D eigenvalue weighted by atomic mass is 10.1. The van der Waals surface area contributed by atoms with Gasteiger partial charge in [-0.25, -0.2) is 0 Å². The third-order valence-corrected chi connectivity index (χ3v) is 2.61. The molecule has 0 radical (unpaired) electrons. The molecule has 0 aliphatic carbocycles. The largest absolute Gasteiger partial charge is 0.480 e. The van der Waals surface area contributed by atoms with Crippen molar-refractivity contribution in [1.82, 2.24) is 10.2 Å². The third kappa shape index (κ3) is 3.13. The van der Waals surface area contributed by atoms with Gasteiger partial charge >= 0.3 is 0 Å². The molecular formula is C14H14N2O2. The standard InChI is InChI=1S/C14H14N2O2/c1-18-14-10-8-12(15-16-14)7-9-13(17)11-5-3-2-4-6-11/h2-6,8,10H,7,9H2,1H3. The molecule has 0 atom stereocenters. The number of methoxy groups -OCH3 is 1. The zero-order chi connectivity index (χ0) is 12.8. The Morgan fingerprint density at radius 1 is 1.11 bits per heavy atom. The molecule has 18 heavy (non-hydrogen) atoms. The van der Waals surface area contributed by atoms with Crippen LogP contribution in [0.5, 0.6) is 5.88 Å². The molecule has 2 aromatic rings. The van der Waals surface area contributed by atoms with Crippen LogP contribution in [0, 0.1) is 0 Å². The van der Waals surface area contributed by atoms with Crippen molar-refractivity contribution in [3.8, 4) is 5.88 Å². The molecular weight excluding hydrogens is 228 g/mol. The molecule has 0 bridgehead atoms. The highest BCUT2D eigenvalue weighted by Gasteiger charge is 2.06. The van der Waals surface area contributed by atoms with Gasteiger partial charge < -0.3 is 4.74 Å². The van der Waals surface area contributed by atoms with E-state index in [0.717, 1.165) is 11.3 Å². The molecule has 4 nitrogen and oxygen atoms in total. The average Bonchev–Trinajstić information content (AvgIpc) is 2.46. The fraction of sp³-hybridized carbons (Fsp3) is 0.214.